The van der Waals surface area contributed by atoms with Crippen molar-refractivity contribution in [3.63, 3.8) is 0 Å². The van der Waals surface area contributed by atoms with Crippen LogP contribution in [0.4, 0.5) is 5.82 Å². The van der Waals surface area contributed by atoms with Gasteiger partial charge in [-0.05, 0) is 25.5 Å². The van der Waals surface area contributed by atoms with Gasteiger partial charge in [-0.25, -0.2) is 9.97 Å². The molecule has 0 amide bonds. The molecule has 0 spiro atoms. The molecule has 0 radical (unpaired) electrons. The third kappa shape index (κ3) is 2.20. The van der Waals surface area contributed by atoms with Crippen LogP contribution in [-0.2, 0) is 6.54 Å². The summed E-state index contributed by atoms with van der Waals surface area (Å²) in [5, 5.41) is 14.2. The molecule has 0 aliphatic rings. The van der Waals surface area contributed by atoms with E-state index in [-0.39, 0.29) is 0 Å². The lowest BCUT2D eigenvalue weighted by Gasteiger charge is -2.08. The Balaban J connectivity index is 1.94. The third-order valence-electron chi connectivity index (χ3n) is 3.40. The second-order valence-corrected chi connectivity index (χ2v) is 5.87. The Morgan fingerprint density at radius 1 is 1.20 bits per heavy atom. The van der Waals surface area contributed by atoms with Crippen LogP contribution in [0.15, 0.2) is 30.6 Å². The standard InChI is InChI=1S/C15H15N3OS/c1-9-10(2)20-15-13(9)14(17-8-18-15)16-7-11-5-3-4-6-12(11)19/h3-6,8,19H,7H2,1-2H3,(H,16,17,18). The molecular weight excluding hydrogens is 270 g/mol. The van der Waals surface area contributed by atoms with Gasteiger partial charge < -0.3 is 10.4 Å². The lowest BCUT2D eigenvalue weighted by molar-refractivity contribution is 0.469. The number of nitrogens with one attached hydrogen (secondary N) is 1. The lowest BCUT2D eigenvalue weighted by atomic mass is 10.2. The number of anilines is 1. The molecule has 0 aliphatic heterocycles. The Kier molecular flexibility index (Phi) is 3.28. The van der Waals surface area contributed by atoms with E-state index in [1.807, 2.05) is 18.2 Å². The maximum absolute atomic E-state index is 9.79. The first-order valence-electron chi connectivity index (χ1n) is 6.38. The van der Waals surface area contributed by atoms with Crippen molar-refractivity contribution in [3.05, 3.63) is 46.6 Å². The minimum Gasteiger partial charge on any atom is -0.508 e. The molecule has 1 aromatic carbocycles. The SMILES string of the molecule is Cc1sc2ncnc(NCc3ccccc3O)c2c1C. The summed E-state index contributed by atoms with van der Waals surface area (Å²) in [5.74, 6) is 1.11. The minimum absolute atomic E-state index is 0.295. The lowest BCUT2D eigenvalue weighted by Crippen LogP contribution is -2.02. The van der Waals surface area contributed by atoms with Crippen molar-refractivity contribution in [2.45, 2.75) is 20.4 Å². The van der Waals surface area contributed by atoms with Crippen LogP contribution in [0.25, 0.3) is 10.2 Å². The summed E-state index contributed by atoms with van der Waals surface area (Å²) in [6, 6.07) is 7.30. The van der Waals surface area contributed by atoms with Gasteiger partial charge in [-0.1, -0.05) is 18.2 Å². The predicted molar refractivity (Wildman–Crippen MR) is 82.3 cm³/mol. The summed E-state index contributed by atoms with van der Waals surface area (Å²) < 4.78 is 0. The highest BCUT2D eigenvalue weighted by molar-refractivity contribution is 7.18. The molecule has 102 valence electrons. The van der Waals surface area contributed by atoms with Gasteiger partial charge >= 0.3 is 0 Å². The molecule has 0 saturated carbocycles. The quantitative estimate of drug-likeness (QED) is 0.771. The van der Waals surface area contributed by atoms with E-state index in [0.717, 1.165) is 21.6 Å². The van der Waals surface area contributed by atoms with Gasteiger partial charge in [0.15, 0.2) is 0 Å². The van der Waals surface area contributed by atoms with Gasteiger partial charge in [-0.2, -0.15) is 0 Å². The highest BCUT2D eigenvalue weighted by Crippen LogP contribution is 2.32. The molecule has 3 rings (SSSR count). The number of thiophene rings is 1. The monoisotopic (exact) mass is 285 g/mol. The van der Waals surface area contributed by atoms with Gasteiger partial charge in [-0.3, -0.25) is 0 Å². The van der Waals surface area contributed by atoms with Crippen LogP contribution in [0.2, 0.25) is 0 Å². The van der Waals surface area contributed by atoms with Crippen LogP contribution in [-0.4, -0.2) is 15.1 Å². The molecule has 0 atom stereocenters. The van der Waals surface area contributed by atoms with Crippen molar-refractivity contribution in [3.8, 4) is 5.75 Å². The molecule has 0 fully saturated rings. The Morgan fingerprint density at radius 2 is 2.00 bits per heavy atom. The van der Waals surface area contributed by atoms with E-state index < -0.39 is 0 Å². The van der Waals surface area contributed by atoms with E-state index in [9.17, 15) is 5.11 Å². The number of para-hydroxylation sites is 1. The molecular formula is C15H15N3OS. The Hall–Kier alpha value is -2.14. The zero-order valence-corrected chi connectivity index (χ0v) is 12.2. The van der Waals surface area contributed by atoms with E-state index in [2.05, 4.69) is 29.1 Å². The van der Waals surface area contributed by atoms with Crippen molar-refractivity contribution >= 4 is 27.4 Å². The van der Waals surface area contributed by atoms with Crippen LogP contribution in [0.3, 0.4) is 0 Å². The molecule has 0 saturated heterocycles. The fourth-order valence-electron chi connectivity index (χ4n) is 2.16. The van der Waals surface area contributed by atoms with Crippen molar-refractivity contribution < 1.29 is 5.11 Å². The first-order valence-corrected chi connectivity index (χ1v) is 7.20. The van der Waals surface area contributed by atoms with E-state index in [4.69, 9.17) is 0 Å². The van der Waals surface area contributed by atoms with Crippen LogP contribution >= 0.6 is 11.3 Å². The molecule has 5 heteroatoms. The molecule has 2 heterocycles. The summed E-state index contributed by atoms with van der Waals surface area (Å²) in [4.78, 5) is 10.9. The minimum atomic E-state index is 0.295. The number of phenolic OH excluding ortho intramolecular Hbond substituents is 1. The molecule has 20 heavy (non-hydrogen) atoms. The normalized spacial score (nSPS) is 10.9. The summed E-state index contributed by atoms with van der Waals surface area (Å²) in [5.41, 5.74) is 2.06. The van der Waals surface area contributed by atoms with Crippen molar-refractivity contribution in [1.29, 1.82) is 0 Å². The number of hydrogen-bond donors (Lipinski definition) is 2. The molecule has 2 aromatic heterocycles. The van der Waals surface area contributed by atoms with Gasteiger partial charge in [0.25, 0.3) is 0 Å². The van der Waals surface area contributed by atoms with Crippen molar-refractivity contribution in [1.82, 2.24) is 9.97 Å². The van der Waals surface area contributed by atoms with E-state index >= 15 is 0 Å². The largest absolute Gasteiger partial charge is 0.508 e. The van der Waals surface area contributed by atoms with Gasteiger partial charge in [0.1, 0.15) is 22.7 Å². The number of rotatable bonds is 3. The number of nitrogens with zero attached hydrogens (tertiary/aromatic N) is 2. The zero-order valence-electron chi connectivity index (χ0n) is 11.3. The highest BCUT2D eigenvalue weighted by atomic mass is 32.1. The predicted octanol–water partition coefficient (Wildman–Crippen LogP) is 3.63. The Labute approximate surface area is 121 Å². The van der Waals surface area contributed by atoms with Crippen molar-refractivity contribution in [2.75, 3.05) is 5.32 Å². The van der Waals surface area contributed by atoms with Gasteiger partial charge in [0.05, 0.1) is 5.39 Å². The molecule has 0 bridgehead atoms. The number of benzene rings is 1. The maximum Gasteiger partial charge on any atom is 0.138 e. The van der Waals surface area contributed by atoms with Gasteiger partial charge in [-0.15, -0.1) is 11.3 Å². The molecule has 2 N–H and O–H groups in total. The number of aromatic nitrogens is 2. The Morgan fingerprint density at radius 3 is 2.80 bits per heavy atom. The van der Waals surface area contributed by atoms with E-state index in [1.54, 1.807) is 23.7 Å². The highest BCUT2D eigenvalue weighted by Gasteiger charge is 2.11. The van der Waals surface area contributed by atoms with Crippen LogP contribution in [0.1, 0.15) is 16.0 Å². The first kappa shape index (κ1) is 12.9. The van der Waals surface area contributed by atoms with Crippen molar-refractivity contribution in [2.24, 2.45) is 0 Å². The van der Waals surface area contributed by atoms with Crippen LogP contribution < -0.4 is 5.32 Å². The summed E-state index contributed by atoms with van der Waals surface area (Å²) in [7, 11) is 0. The number of hydrogen-bond acceptors (Lipinski definition) is 5. The van der Waals surface area contributed by atoms with Crippen LogP contribution in [0, 0.1) is 13.8 Å². The summed E-state index contributed by atoms with van der Waals surface area (Å²) in [6.07, 6.45) is 1.57. The Bertz CT molecular complexity index is 767. The number of phenols is 1. The molecule has 0 unspecified atom stereocenters. The van der Waals surface area contributed by atoms with Gasteiger partial charge in [0.2, 0.25) is 0 Å². The smallest absolute Gasteiger partial charge is 0.138 e. The maximum atomic E-state index is 9.79. The fraction of sp³-hybridized carbons (Fsp3) is 0.200. The zero-order chi connectivity index (χ0) is 14.1. The van der Waals surface area contributed by atoms with E-state index in [0.29, 0.717) is 12.3 Å². The average Bonchev–Trinajstić information content (AvgIpc) is 2.74. The average molecular weight is 285 g/mol. The fourth-order valence-corrected chi connectivity index (χ4v) is 3.15. The topological polar surface area (TPSA) is 58.0 Å². The summed E-state index contributed by atoms with van der Waals surface area (Å²) in [6.45, 7) is 4.71. The third-order valence-corrected chi connectivity index (χ3v) is 4.52. The van der Waals surface area contributed by atoms with Crippen LogP contribution in [0.5, 0.6) is 5.75 Å². The second-order valence-electron chi connectivity index (χ2n) is 4.67. The molecule has 3 aromatic rings. The van der Waals surface area contributed by atoms with Gasteiger partial charge in [0, 0.05) is 17.0 Å². The second kappa shape index (κ2) is 5.09. The van der Waals surface area contributed by atoms with E-state index in [1.165, 1.54) is 10.4 Å². The summed E-state index contributed by atoms with van der Waals surface area (Å²) >= 11 is 1.68. The number of aryl methyl sites for hydroxylation is 2. The molecule has 4 nitrogen and oxygen atoms in total. The molecule has 0 aliphatic carbocycles. The number of aromatic hydroxyl groups is 1. The number of fused-ring (bicyclic) bond motifs is 1. The first-order chi connectivity index (χ1) is 9.66.